The van der Waals surface area contributed by atoms with E-state index < -0.39 is 12.1 Å². The Morgan fingerprint density at radius 2 is 1.88 bits per heavy atom. The summed E-state index contributed by atoms with van der Waals surface area (Å²) in [7, 11) is 0. The molecule has 0 N–H and O–H groups in total. The number of benzene rings is 2. The van der Waals surface area contributed by atoms with E-state index in [2.05, 4.69) is 15.5 Å². The number of carbonyl (C=O) groups excluding carboxylic acids is 1. The van der Waals surface area contributed by atoms with Crippen LogP contribution in [0, 0.1) is 13.8 Å². The molecule has 0 aliphatic heterocycles. The van der Waals surface area contributed by atoms with Gasteiger partial charge in [-0.2, -0.15) is 0 Å². The minimum Gasteiger partial charge on any atom is -0.479 e. The molecule has 1 heterocycles. The van der Waals surface area contributed by atoms with Gasteiger partial charge in [0, 0.05) is 0 Å². The molecule has 0 aliphatic rings. The van der Waals surface area contributed by atoms with Gasteiger partial charge < -0.3 is 9.47 Å². The Morgan fingerprint density at radius 3 is 2.56 bits per heavy atom. The molecule has 128 valence electrons. The Labute approximate surface area is 145 Å². The van der Waals surface area contributed by atoms with E-state index in [0.717, 1.165) is 16.8 Å². The van der Waals surface area contributed by atoms with Crippen LogP contribution in [-0.2, 0) is 4.79 Å². The number of aryl methyl sites for hydroxylation is 1. The van der Waals surface area contributed by atoms with Gasteiger partial charge in [0.2, 0.25) is 0 Å². The van der Waals surface area contributed by atoms with Crippen molar-refractivity contribution in [2.45, 2.75) is 26.9 Å². The molecular weight excluding hydrogens is 320 g/mol. The summed E-state index contributed by atoms with van der Waals surface area (Å²) >= 11 is 0. The largest absolute Gasteiger partial charge is 0.479 e. The summed E-state index contributed by atoms with van der Waals surface area (Å²) < 4.78 is 12.6. The zero-order chi connectivity index (χ0) is 17.8. The van der Waals surface area contributed by atoms with Crippen molar-refractivity contribution in [1.82, 2.24) is 20.2 Å². The molecule has 0 fully saturated rings. The fraction of sp³-hybridized carbons (Fsp3) is 0.222. The maximum absolute atomic E-state index is 12.2. The van der Waals surface area contributed by atoms with E-state index in [1.54, 1.807) is 31.2 Å². The number of rotatable bonds is 5. The van der Waals surface area contributed by atoms with Crippen molar-refractivity contribution in [3.8, 4) is 17.2 Å². The summed E-state index contributed by atoms with van der Waals surface area (Å²) in [6.07, 6.45) is 0.765. The van der Waals surface area contributed by atoms with E-state index in [0.29, 0.717) is 11.5 Å². The van der Waals surface area contributed by atoms with Crippen LogP contribution in [0.1, 0.15) is 18.1 Å². The summed E-state index contributed by atoms with van der Waals surface area (Å²) in [5.41, 5.74) is 2.88. The molecule has 1 unspecified atom stereocenters. The van der Waals surface area contributed by atoms with E-state index in [-0.39, 0.29) is 0 Å². The summed E-state index contributed by atoms with van der Waals surface area (Å²) in [6, 6.07) is 12.6. The summed E-state index contributed by atoms with van der Waals surface area (Å²) in [5.74, 6) is 0.646. The van der Waals surface area contributed by atoms with Crippen molar-refractivity contribution in [2.75, 3.05) is 0 Å². The number of nitrogens with zero attached hydrogens (tertiary/aromatic N) is 4. The van der Waals surface area contributed by atoms with Crippen molar-refractivity contribution in [2.24, 2.45) is 0 Å². The van der Waals surface area contributed by atoms with Crippen LogP contribution in [0.25, 0.3) is 5.69 Å². The van der Waals surface area contributed by atoms with Crippen LogP contribution in [0.5, 0.6) is 11.5 Å². The van der Waals surface area contributed by atoms with Gasteiger partial charge in [-0.05, 0) is 72.7 Å². The van der Waals surface area contributed by atoms with Gasteiger partial charge in [-0.3, -0.25) is 0 Å². The molecule has 0 radical (unpaired) electrons. The minimum atomic E-state index is -0.723. The monoisotopic (exact) mass is 338 g/mol. The van der Waals surface area contributed by atoms with E-state index >= 15 is 0 Å². The lowest BCUT2D eigenvalue weighted by atomic mass is 10.1. The van der Waals surface area contributed by atoms with Gasteiger partial charge in [-0.15, -0.1) is 5.10 Å². The maximum Gasteiger partial charge on any atom is 0.352 e. The van der Waals surface area contributed by atoms with Gasteiger partial charge >= 0.3 is 5.97 Å². The van der Waals surface area contributed by atoms with Crippen molar-refractivity contribution in [1.29, 1.82) is 0 Å². The van der Waals surface area contributed by atoms with Crippen LogP contribution in [-0.4, -0.2) is 32.3 Å². The molecule has 0 saturated carbocycles. The predicted octanol–water partition coefficient (Wildman–Crippen LogP) is 2.65. The Balaban J connectivity index is 1.64. The average molecular weight is 338 g/mol. The molecule has 25 heavy (non-hydrogen) atoms. The second kappa shape index (κ2) is 7.12. The number of aromatic nitrogens is 4. The van der Waals surface area contributed by atoms with Gasteiger partial charge in [0.25, 0.3) is 0 Å². The highest BCUT2D eigenvalue weighted by Crippen LogP contribution is 2.22. The molecule has 1 atom stereocenters. The lowest BCUT2D eigenvalue weighted by Crippen LogP contribution is -2.28. The standard InChI is InChI=1S/C18H18N4O3/c1-12-5-4-6-17(13(12)2)24-14(3)18(23)25-16-9-7-15(8-10-16)22-11-19-20-21-22/h4-11,14H,1-3H3. The SMILES string of the molecule is Cc1cccc(OC(C)C(=O)Oc2ccc(-n3cnnn3)cc2)c1C. The highest BCUT2D eigenvalue weighted by atomic mass is 16.6. The number of tetrazole rings is 1. The highest BCUT2D eigenvalue weighted by molar-refractivity contribution is 5.77. The second-order valence-corrected chi connectivity index (χ2v) is 5.63. The van der Waals surface area contributed by atoms with Crippen molar-refractivity contribution >= 4 is 5.97 Å². The number of ether oxygens (including phenoxy) is 2. The van der Waals surface area contributed by atoms with Gasteiger partial charge in [-0.1, -0.05) is 12.1 Å². The van der Waals surface area contributed by atoms with E-state index in [9.17, 15) is 4.79 Å². The first-order chi connectivity index (χ1) is 12.0. The Morgan fingerprint density at radius 1 is 1.12 bits per heavy atom. The lowest BCUT2D eigenvalue weighted by molar-refractivity contribution is -0.141. The first-order valence-electron chi connectivity index (χ1n) is 7.82. The Hall–Kier alpha value is -3.22. The molecule has 1 aromatic heterocycles. The molecule has 7 nitrogen and oxygen atoms in total. The molecule has 3 aromatic rings. The second-order valence-electron chi connectivity index (χ2n) is 5.63. The van der Waals surface area contributed by atoms with Crippen molar-refractivity contribution in [3.05, 3.63) is 59.9 Å². The van der Waals surface area contributed by atoms with Crippen LogP contribution in [0.2, 0.25) is 0 Å². The van der Waals surface area contributed by atoms with Crippen LogP contribution >= 0.6 is 0 Å². The normalized spacial score (nSPS) is 11.8. The quantitative estimate of drug-likeness (QED) is 0.526. The highest BCUT2D eigenvalue weighted by Gasteiger charge is 2.18. The Bertz CT molecular complexity index is 861. The molecule has 7 heteroatoms. The molecule has 0 spiro atoms. The van der Waals surface area contributed by atoms with Crippen LogP contribution < -0.4 is 9.47 Å². The van der Waals surface area contributed by atoms with Crippen LogP contribution in [0.4, 0.5) is 0 Å². The number of esters is 1. The number of hydrogen-bond donors (Lipinski definition) is 0. The number of carbonyl (C=O) groups is 1. The third kappa shape index (κ3) is 3.82. The first kappa shape index (κ1) is 16.6. The molecular formula is C18H18N4O3. The fourth-order valence-corrected chi connectivity index (χ4v) is 2.24. The van der Waals surface area contributed by atoms with E-state index in [1.807, 2.05) is 32.0 Å². The molecule has 3 rings (SSSR count). The lowest BCUT2D eigenvalue weighted by Gasteiger charge is -2.16. The zero-order valence-electron chi connectivity index (χ0n) is 14.2. The summed E-state index contributed by atoms with van der Waals surface area (Å²) in [4.78, 5) is 12.2. The zero-order valence-corrected chi connectivity index (χ0v) is 14.2. The third-order valence-corrected chi connectivity index (χ3v) is 3.86. The van der Waals surface area contributed by atoms with Gasteiger partial charge in [0.15, 0.2) is 6.10 Å². The minimum absolute atomic E-state index is 0.429. The van der Waals surface area contributed by atoms with Crippen LogP contribution in [0.15, 0.2) is 48.8 Å². The van der Waals surface area contributed by atoms with Gasteiger partial charge in [0.05, 0.1) is 5.69 Å². The Kier molecular flexibility index (Phi) is 4.74. The fourth-order valence-electron chi connectivity index (χ4n) is 2.24. The predicted molar refractivity (Wildman–Crippen MR) is 90.8 cm³/mol. The maximum atomic E-state index is 12.2. The molecule has 0 amide bonds. The molecule has 0 bridgehead atoms. The van der Waals surface area contributed by atoms with Gasteiger partial charge in [0.1, 0.15) is 17.8 Å². The molecule has 0 saturated heterocycles. The first-order valence-corrected chi connectivity index (χ1v) is 7.82. The summed E-state index contributed by atoms with van der Waals surface area (Å²) in [5, 5.41) is 10.9. The number of hydrogen-bond acceptors (Lipinski definition) is 6. The van der Waals surface area contributed by atoms with E-state index in [4.69, 9.17) is 9.47 Å². The van der Waals surface area contributed by atoms with E-state index in [1.165, 1.54) is 11.0 Å². The van der Waals surface area contributed by atoms with Crippen LogP contribution in [0.3, 0.4) is 0 Å². The average Bonchev–Trinajstić information content (AvgIpc) is 3.14. The third-order valence-electron chi connectivity index (χ3n) is 3.86. The van der Waals surface area contributed by atoms with Gasteiger partial charge in [-0.25, -0.2) is 9.48 Å². The van der Waals surface area contributed by atoms with Crippen molar-refractivity contribution < 1.29 is 14.3 Å². The van der Waals surface area contributed by atoms with Crippen molar-refractivity contribution in [3.63, 3.8) is 0 Å². The molecule has 2 aromatic carbocycles. The smallest absolute Gasteiger partial charge is 0.352 e. The molecule has 0 aliphatic carbocycles. The summed E-state index contributed by atoms with van der Waals surface area (Å²) in [6.45, 7) is 5.62. The topological polar surface area (TPSA) is 79.1 Å².